The van der Waals surface area contributed by atoms with Crippen LogP contribution < -0.4 is 0 Å². The Morgan fingerprint density at radius 1 is 0.840 bits per heavy atom. The van der Waals surface area contributed by atoms with E-state index in [1.54, 1.807) is 36.4 Å². The van der Waals surface area contributed by atoms with Gasteiger partial charge in [0.1, 0.15) is 5.54 Å². The predicted octanol–water partition coefficient (Wildman–Crippen LogP) is 2.03. The lowest BCUT2D eigenvalue weighted by molar-refractivity contribution is -0.147. The highest BCUT2D eigenvalue weighted by Gasteiger charge is 2.49. The normalized spacial score (nSPS) is 21.9. The van der Waals surface area contributed by atoms with E-state index in [1.165, 1.54) is 17.2 Å². The topological polar surface area (TPSA) is 74.8 Å². The predicted molar refractivity (Wildman–Crippen MR) is 88.3 cm³/mol. The summed E-state index contributed by atoms with van der Waals surface area (Å²) < 4.78 is 0. The molecule has 4 rings (SSSR count). The van der Waals surface area contributed by atoms with Crippen LogP contribution in [-0.2, 0) is 9.59 Å². The van der Waals surface area contributed by atoms with E-state index >= 15 is 0 Å². The first kappa shape index (κ1) is 15.5. The lowest BCUT2D eigenvalue weighted by Crippen LogP contribution is -2.60. The molecule has 1 aromatic carbocycles. The largest absolute Gasteiger partial charge is 0.290 e. The number of fused-ring (bicyclic) bond motifs is 1. The summed E-state index contributed by atoms with van der Waals surface area (Å²) in [5, 5.41) is 2.20. The fourth-order valence-corrected chi connectivity index (χ4v) is 3.66. The molecule has 0 saturated carbocycles. The van der Waals surface area contributed by atoms with Crippen molar-refractivity contribution in [2.75, 3.05) is 0 Å². The molecule has 1 aromatic rings. The fourth-order valence-electron chi connectivity index (χ4n) is 3.66. The van der Waals surface area contributed by atoms with Crippen molar-refractivity contribution >= 4 is 23.5 Å². The first-order chi connectivity index (χ1) is 12.0. The molecule has 0 atom stereocenters. The number of allylic oxidation sites excluding steroid dienone is 2. The van der Waals surface area contributed by atoms with Gasteiger partial charge in [-0.15, -0.1) is 0 Å². The van der Waals surface area contributed by atoms with E-state index in [0.29, 0.717) is 24.0 Å². The number of ketones is 1. The molecule has 3 aliphatic rings. The minimum absolute atomic E-state index is 0.176. The van der Waals surface area contributed by atoms with E-state index in [2.05, 4.69) is 0 Å². The Morgan fingerprint density at radius 2 is 1.44 bits per heavy atom. The summed E-state index contributed by atoms with van der Waals surface area (Å²) in [7, 11) is 0. The highest BCUT2D eigenvalue weighted by atomic mass is 16.2. The Labute approximate surface area is 144 Å². The number of rotatable bonds is 1. The summed E-state index contributed by atoms with van der Waals surface area (Å²) in [6.07, 6.45) is 8.28. The second-order valence-electron chi connectivity index (χ2n) is 6.44. The van der Waals surface area contributed by atoms with Crippen LogP contribution in [0.25, 0.3) is 0 Å². The van der Waals surface area contributed by atoms with Crippen LogP contribution in [0, 0.1) is 0 Å². The molecule has 1 saturated heterocycles. The van der Waals surface area contributed by atoms with Crippen LogP contribution in [-0.4, -0.2) is 39.1 Å². The van der Waals surface area contributed by atoms with E-state index in [9.17, 15) is 19.2 Å². The summed E-state index contributed by atoms with van der Waals surface area (Å²) in [4.78, 5) is 50.1. The van der Waals surface area contributed by atoms with Gasteiger partial charge in [0.2, 0.25) is 5.91 Å². The number of hydrogen-bond acceptors (Lipinski definition) is 4. The van der Waals surface area contributed by atoms with E-state index < -0.39 is 17.4 Å². The van der Waals surface area contributed by atoms with Gasteiger partial charge < -0.3 is 0 Å². The number of amides is 3. The summed E-state index contributed by atoms with van der Waals surface area (Å²) >= 11 is 0. The van der Waals surface area contributed by atoms with Crippen LogP contribution in [0.15, 0.2) is 48.6 Å². The summed E-state index contributed by atoms with van der Waals surface area (Å²) in [5.74, 6) is -1.48. The van der Waals surface area contributed by atoms with Crippen LogP contribution in [0.2, 0.25) is 0 Å². The van der Waals surface area contributed by atoms with Crippen molar-refractivity contribution in [1.29, 1.82) is 0 Å². The number of imide groups is 1. The SMILES string of the molecule is O=C1C=CC2(C=C1)CCCCC(=O)N2N1C(=O)c2ccccc2C1=O. The Balaban J connectivity index is 1.84. The number of carbonyl (C=O) groups is 4. The monoisotopic (exact) mass is 336 g/mol. The van der Waals surface area contributed by atoms with Crippen LogP contribution in [0.3, 0.4) is 0 Å². The van der Waals surface area contributed by atoms with Crippen LogP contribution in [0.1, 0.15) is 46.4 Å². The first-order valence-corrected chi connectivity index (χ1v) is 8.27. The summed E-state index contributed by atoms with van der Waals surface area (Å²) in [6.45, 7) is 0. The number of benzene rings is 1. The van der Waals surface area contributed by atoms with Gasteiger partial charge >= 0.3 is 0 Å². The van der Waals surface area contributed by atoms with E-state index in [-0.39, 0.29) is 18.1 Å². The Morgan fingerprint density at radius 3 is 2.04 bits per heavy atom. The van der Waals surface area contributed by atoms with Crippen molar-refractivity contribution in [2.24, 2.45) is 0 Å². The van der Waals surface area contributed by atoms with Gasteiger partial charge in [-0.25, -0.2) is 5.01 Å². The number of hydrogen-bond donors (Lipinski definition) is 0. The minimum Gasteiger partial charge on any atom is -0.290 e. The molecule has 2 aliphatic heterocycles. The average Bonchev–Trinajstić information content (AvgIpc) is 2.76. The van der Waals surface area contributed by atoms with Gasteiger partial charge in [-0.1, -0.05) is 12.1 Å². The molecule has 1 fully saturated rings. The maximum atomic E-state index is 12.9. The molecular weight excluding hydrogens is 320 g/mol. The second kappa shape index (κ2) is 5.51. The molecule has 3 amide bonds. The molecule has 0 aromatic heterocycles. The Kier molecular flexibility index (Phi) is 3.42. The van der Waals surface area contributed by atoms with Gasteiger partial charge in [0.15, 0.2) is 5.78 Å². The van der Waals surface area contributed by atoms with E-state index in [1.807, 2.05) is 0 Å². The third-order valence-corrected chi connectivity index (χ3v) is 4.89. The van der Waals surface area contributed by atoms with Gasteiger partial charge in [-0.2, -0.15) is 5.01 Å². The highest BCUT2D eigenvalue weighted by Crippen LogP contribution is 2.37. The maximum Gasteiger partial charge on any atom is 0.280 e. The van der Waals surface area contributed by atoms with Crippen molar-refractivity contribution in [3.05, 3.63) is 59.7 Å². The van der Waals surface area contributed by atoms with Crippen molar-refractivity contribution < 1.29 is 19.2 Å². The molecule has 126 valence electrons. The van der Waals surface area contributed by atoms with Gasteiger partial charge in [0.05, 0.1) is 11.1 Å². The summed E-state index contributed by atoms with van der Waals surface area (Å²) in [5.41, 5.74) is -0.381. The van der Waals surface area contributed by atoms with Gasteiger partial charge in [-0.05, 0) is 55.7 Å². The standard InChI is InChI=1S/C19H16N2O4/c22-13-8-11-19(12-9-13)10-4-3-7-16(23)21(19)20-17(24)14-5-1-2-6-15(14)18(20)25/h1-2,5-6,8-9,11-12H,3-4,7,10H2. The van der Waals surface area contributed by atoms with Gasteiger partial charge in [0.25, 0.3) is 11.8 Å². The number of nitrogens with zero attached hydrogens (tertiary/aromatic N) is 2. The molecule has 0 bridgehead atoms. The van der Waals surface area contributed by atoms with E-state index in [0.717, 1.165) is 11.4 Å². The smallest absolute Gasteiger partial charge is 0.280 e. The molecule has 1 aliphatic carbocycles. The van der Waals surface area contributed by atoms with Crippen LogP contribution in [0.5, 0.6) is 0 Å². The molecule has 0 unspecified atom stereocenters. The molecule has 25 heavy (non-hydrogen) atoms. The minimum atomic E-state index is -0.963. The first-order valence-electron chi connectivity index (χ1n) is 8.27. The zero-order valence-corrected chi connectivity index (χ0v) is 13.5. The molecule has 6 heteroatoms. The van der Waals surface area contributed by atoms with Gasteiger partial charge in [-0.3, -0.25) is 19.2 Å². The molecule has 0 radical (unpaired) electrons. The Hall–Kier alpha value is -3.02. The van der Waals surface area contributed by atoms with Crippen molar-refractivity contribution in [3.8, 4) is 0 Å². The lowest BCUT2D eigenvalue weighted by Gasteiger charge is -2.43. The molecule has 0 N–H and O–H groups in total. The second-order valence-corrected chi connectivity index (χ2v) is 6.44. The zero-order chi connectivity index (χ0) is 17.6. The summed E-state index contributed by atoms with van der Waals surface area (Å²) in [6, 6.07) is 6.54. The quantitative estimate of drug-likeness (QED) is 0.736. The highest BCUT2D eigenvalue weighted by molar-refractivity contribution is 6.21. The zero-order valence-electron chi connectivity index (χ0n) is 13.5. The maximum absolute atomic E-state index is 12.9. The fraction of sp³-hybridized carbons (Fsp3) is 0.263. The number of carbonyl (C=O) groups excluding carboxylic acids is 4. The number of hydrazine groups is 1. The third-order valence-electron chi connectivity index (χ3n) is 4.89. The Bertz CT molecular complexity index is 817. The molecular formula is C19H16N2O4. The molecule has 1 spiro atoms. The lowest BCUT2D eigenvalue weighted by atomic mass is 9.88. The van der Waals surface area contributed by atoms with Crippen molar-refractivity contribution in [1.82, 2.24) is 10.0 Å². The molecule has 6 nitrogen and oxygen atoms in total. The third kappa shape index (κ3) is 2.25. The van der Waals surface area contributed by atoms with Crippen molar-refractivity contribution in [2.45, 2.75) is 31.2 Å². The average molecular weight is 336 g/mol. The van der Waals surface area contributed by atoms with Crippen LogP contribution >= 0.6 is 0 Å². The van der Waals surface area contributed by atoms with E-state index in [4.69, 9.17) is 0 Å². The van der Waals surface area contributed by atoms with Crippen molar-refractivity contribution in [3.63, 3.8) is 0 Å². The van der Waals surface area contributed by atoms with Crippen LogP contribution in [0.4, 0.5) is 0 Å². The molecule has 2 heterocycles. The van der Waals surface area contributed by atoms with Gasteiger partial charge in [0, 0.05) is 6.42 Å².